The van der Waals surface area contributed by atoms with Crippen LogP contribution < -0.4 is 14.8 Å². The Labute approximate surface area is 145 Å². The summed E-state index contributed by atoms with van der Waals surface area (Å²) < 4.78 is 11.0. The number of hydrogen-bond acceptors (Lipinski definition) is 4. The molecule has 1 aromatic carbocycles. The number of anilines is 1. The topological polar surface area (TPSA) is 60.5 Å². The number of fused-ring (bicyclic) bond motifs is 1. The van der Waals surface area contributed by atoms with E-state index in [1.54, 1.807) is 12.1 Å². The maximum absolute atomic E-state index is 12.4. The zero-order valence-corrected chi connectivity index (χ0v) is 14.7. The van der Waals surface area contributed by atoms with Gasteiger partial charge < -0.3 is 14.8 Å². The van der Waals surface area contributed by atoms with Crippen LogP contribution in [0.3, 0.4) is 0 Å². The Kier molecular flexibility index (Phi) is 4.62. The van der Waals surface area contributed by atoms with Crippen molar-refractivity contribution in [2.45, 2.75) is 27.2 Å². The molecule has 2 aromatic rings. The maximum Gasteiger partial charge on any atom is 0.228 e. The van der Waals surface area contributed by atoms with Gasteiger partial charge in [-0.15, -0.1) is 0 Å². The first-order chi connectivity index (χ1) is 11.4. The summed E-state index contributed by atoms with van der Waals surface area (Å²) in [6.45, 7) is 6.73. The smallest absolute Gasteiger partial charge is 0.228 e. The third-order valence-electron chi connectivity index (χ3n) is 3.81. The van der Waals surface area contributed by atoms with E-state index in [4.69, 9.17) is 21.1 Å². The molecule has 5 nitrogen and oxygen atoms in total. The van der Waals surface area contributed by atoms with E-state index in [2.05, 4.69) is 10.3 Å². The quantitative estimate of drug-likeness (QED) is 0.922. The van der Waals surface area contributed by atoms with Gasteiger partial charge in [-0.3, -0.25) is 9.78 Å². The normalized spacial score (nSPS) is 12.8. The first-order valence-corrected chi connectivity index (χ1v) is 8.14. The highest BCUT2D eigenvalue weighted by molar-refractivity contribution is 6.32. The molecule has 1 N–H and O–H groups in total. The van der Waals surface area contributed by atoms with Crippen molar-refractivity contribution in [3.63, 3.8) is 0 Å². The summed E-state index contributed by atoms with van der Waals surface area (Å²) in [6.07, 6.45) is 0.198. The van der Waals surface area contributed by atoms with Crippen molar-refractivity contribution in [2.24, 2.45) is 0 Å². The summed E-state index contributed by atoms with van der Waals surface area (Å²) in [5.41, 5.74) is 4.27. The number of carbonyl (C=O) groups excluding carboxylic acids is 1. The standard InChI is InChI=1S/C18H19ClN2O3/c1-10-6-11(2)20-12(3)17(10)21-16(22)9-13-7-14(19)18-15(8-13)23-4-5-24-18/h6-8H,4-5,9H2,1-3H3,(H,21,22). The zero-order valence-electron chi connectivity index (χ0n) is 13.9. The van der Waals surface area contributed by atoms with Crippen molar-refractivity contribution in [3.05, 3.63) is 45.7 Å². The van der Waals surface area contributed by atoms with E-state index in [0.717, 1.165) is 28.2 Å². The Hall–Kier alpha value is -2.27. The molecule has 0 saturated heterocycles. The minimum atomic E-state index is -0.125. The number of rotatable bonds is 3. The Balaban J connectivity index is 1.77. The molecule has 0 radical (unpaired) electrons. The molecular formula is C18H19ClN2O3. The highest BCUT2D eigenvalue weighted by Crippen LogP contribution is 2.38. The molecule has 0 aliphatic carbocycles. The Morgan fingerprint density at radius 3 is 2.71 bits per heavy atom. The number of aromatic nitrogens is 1. The van der Waals surface area contributed by atoms with Gasteiger partial charge in [0, 0.05) is 5.69 Å². The van der Waals surface area contributed by atoms with Gasteiger partial charge in [0.2, 0.25) is 5.91 Å². The second-order valence-electron chi connectivity index (χ2n) is 5.87. The van der Waals surface area contributed by atoms with Gasteiger partial charge in [0.25, 0.3) is 0 Å². The number of hydrogen-bond donors (Lipinski definition) is 1. The molecule has 0 atom stereocenters. The number of amides is 1. The molecule has 1 aromatic heterocycles. The fourth-order valence-corrected chi connectivity index (χ4v) is 3.14. The summed E-state index contributed by atoms with van der Waals surface area (Å²) in [6, 6.07) is 5.48. The number of ether oxygens (including phenoxy) is 2. The lowest BCUT2D eigenvalue weighted by Crippen LogP contribution is -2.18. The monoisotopic (exact) mass is 346 g/mol. The van der Waals surface area contributed by atoms with E-state index < -0.39 is 0 Å². The average Bonchev–Trinajstić information content (AvgIpc) is 2.51. The van der Waals surface area contributed by atoms with Crippen molar-refractivity contribution >= 4 is 23.2 Å². The van der Waals surface area contributed by atoms with Gasteiger partial charge in [0.05, 0.1) is 22.8 Å². The summed E-state index contributed by atoms with van der Waals surface area (Å²) in [5, 5.41) is 3.39. The Bertz CT molecular complexity index is 782. The molecule has 3 rings (SSSR count). The lowest BCUT2D eigenvalue weighted by molar-refractivity contribution is -0.115. The summed E-state index contributed by atoms with van der Waals surface area (Å²) >= 11 is 6.21. The number of halogens is 1. The summed E-state index contributed by atoms with van der Waals surface area (Å²) in [4.78, 5) is 16.8. The van der Waals surface area contributed by atoms with Gasteiger partial charge in [0.1, 0.15) is 13.2 Å². The Morgan fingerprint density at radius 2 is 1.96 bits per heavy atom. The first-order valence-electron chi connectivity index (χ1n) is 7.77. The first kappa shape index (κ1) is 16.6. The Morgan fingerprint density at radius 1 is 1.21 bits per heavy atom. The molecule has 0 spiro atoms. The molecule has 2 heterocycles. The molecule has 1 amide bonds. The van der Waals surface area contributed by atoms with Crippen LogP contribution in [0.4, 0.5) is 5.69 Å². The molecule has 126 valence electrons. The number of benzene rings is 1. The molecular weight excluding hydrogens is 328 g/mol. The van der Waals surface area contributed by atoms with Gasteiger partial charge in [-0.25, -0.2) is 0 Å². The van der Waals surface area contributed by atoms with Gasteiger partial charge in [0.15, 0.2) is 11.5 Å². The van der Waals surface area contributed by atoms with Crippen LogP contribution in [-0.4, -0.2) is 24.1 Å². The van der Waals surface area contributed by atoms with E-state index in [1.165, 1.54) is 0 Å². The van der Waals surface area contributed by atoms with Crippen LogP contribution in [0, 0.1) is 20.8 Å². The molecule has 0 saturated carbocycles. The van der Waals surface area contributed by atoms with Crippen LogP contribution in [-0.2, 0) is 11.2 Å². The fourth-order valence-electron chi connectivity index (χ4n) is 2.85. The molecule has 0 bridgehead atoms. The second kappa shape index (κ2) is 6.69. The minimum absolute atomic E-state index is 0.125. The van der Waals surface area contributed by atoms with Crippen LogP contribution in [0.15, 0.2) is 18.2 Å². The van der Waals surface area contributed by atoms with Gasteiger partial charge >= 0.3 is 0 Å². The highest BCUT2D eigenvalue weighted by Gasteiger charge is 2.18. The van der Waals surface area contributed by atoms with Crippen LogP contribution in [0.5, 0.6) is 11.5 Å². The van der Waals surface area contributed by atoms with E-state index in [-0.39, 0.29) is 12.3 Å². The number of pyridine rings is 1. The number of aryl methyl sites for hydroxylation is 3. The van der Waals surface area contributed by atoms with Crippen LogP contribution >= 0.6 is 11.6 Å². The number of nitrogens with zero attached hydrogens (tertiary/aromatic N) is 1. The number of nitrogens with one attached hydrogen (secondary N) is 1. The van der Waals surface area contributed by atoms with Crippen molar-refractivity contribution in [1.82, 2.24) is 4.98 Å². The zero-order chi connectivity index (χ0) is 17.3. The maximum atomic E-state index is 12.4. The lowest BCUT2D eigenvalue weighted by Gasteiger charge is -2.20. The SMILES string of the molecule is Cc1cc(C)c(NC(=O)Cc2cc(Cl)c3c(c2)OCCO3)c(C)n1. The van der Waals surface area contributed by atoms with Gasteiger partial charge in [-0.2, -0.15) is 0 Å². The summed E-state index contributed by atoms with van der Waals surface area (Å²) in [5.74, 6) is 1.00. The second-order valence-corrected chi connectivity index (χ2v) is 6.27. The third-order valence-corrected chi connectivity index (χ3v) is 4.09. The molecule has 1 aliphatic rings. The van der Waals surface area contributed by atoms with Crippen LogP contribution in [0.1, 0.15) is 22.5 Å². The average molecular weight is 347 g/mol. The van der Waals surface area contributed by atoms with E-state index in [0.29, 0.717) is 29.7 Å². The lowest BCUT2D eigenvalue weighted by atomic mass is 10.1. The van der Waals surface area contributed by atoms with E-state index in [9.17, 15) is 4.79 Å². The third kappa shape index (κ3) is 3.46. The van der Waals surface area contributed by atoms with Crippen molar-refractivity contribution in [3.8, 4) is 11.5 Å². The van der Waals surface area contributed by atoms with Gasteiger partial charge in [-0.1, -0.05) is 11.6 Å². The van der Waals surface area contributed by atoms with E-state index >= 15 is 0 Å². The van der Waals surface area contributed by atoms with Crippen LogP contribution in [0.25, 0.3) is 0 Å². The highest BCUT2D eigenvalue weighted by atomic mass is 35.5. The minimum Gasteiger partial charge on any atom is -0.486 e. The summed E-state index contributed by atoms with van der Waals surface area (Å²) in [7, 11) is 0. The van der Waals surface area contributed by atoms with Crippen molar-refractivity contribution < 1.29 is 14.3 Å². The molecule has 6 heteroatoms. The molecule has 0 unspecified atom stereocenters. The fraction of sp³-hybridized carbons (Fsp3) is 0.333. The molecule has 0 fully saturated rings. The number of carbonyl (C=O) groups is 1. The van der Waals surface area contributed by atoms with Crippen LogP contribution in [0.2, 0.25) is 5.02 Å². The van der Waals surface area contributed by atoms with Crippen molar-refractivity contribution in [1.29, 1.82) is 0 Å². The predicted octanol–water partition coefficient (Wildman–Crippen LogP) is 3.61. The molecule has 1 aliphatic heterocycles. The largest absolute Gasteiger partial charge is 0.486 e. The van der Waals surface area contributed by atoms with Crippen molar-refractivity contribution in [2.75, 3.05) is 18.5 Å². The van der Waals surface area contributed by atoms with Gasteiger partial charge in [-0.05, 0) is 50.1 Å². The molecule has 24 heavy (non-hydrogen) atoms. The van der Waals surface area contributed by atoms with E-state index in [1.807, 2.05) is 26.8 Å². The predicted molar refractivity (Wildman–Crippen MR) is 93.2 cm³/mol.